The van der Waals surface area contributed by atoms with Crippen LogP contribution in [0.15, 0.2) is 12.4 Å². The molecule has 0 radical (unpaired) electrons. The van der Waals surface area contributed by atoms with Gasteiger partial charge in [0, 0.05) is 38.8 Å². The van der Waals surface area contributed by atoms with Crippen LogP contribution in [0.3, 0.4) is 0 Å². The molecule has 0 aliphatic carbocycles. The molecule has 1 atom stereocenters. The first-order chi connectivity index (χ1) is 13.8. The topological polar surface area (TPSA) is 106 Å². The summed E-state index contributed by atoms with van der Waals surface area (Å²) in [6.07, 6.45) is 7.91. The lowest BCUT2D eigenvalue weighted by molar-refractivity contribution is -0.133. The summed E-state index contributed by atoms with van der Waals surface area (Å²) >= 11 is 0. The maximum atomic E-state index is 12.6. The number of hydrogen-bond donors (Lipinski definition) is 0. The summed E-state index contributed by atoms with van der Waals surface area (Å²) < 4.78 is 29.7. The fraction of sp³-hybridized carbons (Fsp3) is 0.667. The van der Waals surface area contributed by atoms with Gasteiger partial charge in [0.2, 0.25) is 15.9 Å². The summed E-state index contributed by atoms with van der Waals surface area (Å²) in [7, 11) is -3.30. The van der Waals surface area contributed by atoms with Gasteiger partial charge in [0.15, 0.2) is 11.6 Å². The van der Waals surface area contributed by atoms with E-state index in [1.54, 1.807) is 15.8 Å². The first-order valence-corrected chi connectivity index (χ1v) is 11.8. The van der Waals surface area contributed by atoms with E-state index in [4.69, 9.17) is 0 Å². The molecule has 0 spiro atoms. The van der Waals surface area contributed by atoms with E-state index < -0.39 is 10.0 Å². The number of aryl methyl sites for hydroxylation is 2. The minimum absolute atomic E-state index is 0.0596. The summed E-state index contributed by atoms with van der Waals surface area (Å²) in [5, 5.41) is 12.8. The van der Waals surface area contributed by atoms with Crippen molar-refractivity contribution in [2.75, 3.05) is 19.3 Å². The van der Waals surface area contributed by atoms with Crippen molar-refractivity contribution >= 4 is 15.9 Å². The average Bonchev–Trinajstić information content (AvgIpc) is 3.30. The van der Waals surface area contributed by atoms with Gasteiger partial charge in [-0.1, -0.05) is 6.42 Å². The van der Waals surface area contributed by atoms with Crippen molar-refractivity contribution in [3.05, 3.63) is 29.6 Å². The minimum Gasteiger partial charge on any atom is -0.333 e. The van der Waals surface area contributed by atoms with E-state index in [-0.39, 0.29) is 11.9 Å². The second kappa shape index (κ2) is 7.86. The third-order valence-electron chi connectivity index (χ3n) is 5.63. The molecule has 158 valence electrons. The lowest BCUT2D eigenvalue weighted by Gasteiger charge is -2.34. The predicted molar refractivity (Wildman–Crippen MR) is 105 cm³/mol. The predicted octanol–water partition coefficient (Wildman–Crippen LogP) is 0.702. The highest BCUT2D eigenvalue weighted by Crippen LogP contribution is 2.32. The van der Waals surface area contributed by atoms with Gasteiger partial charge in [-0.2, -0.15) is 9.40 Å². The number of amides is 1. The molecule has 0 N–H and O–H groups in total. The summed E-state index contributed by atoms with van der Waals surface area (Å²) in [6, 6.07) is -0.273. The molecule has 29 heavy (non-hydrogen) atoms. The second-order valence-corrected chi connectivity index (χ2v) is 9.79. The van der Waals surface area contributed by atoms with Crippen LogP contribution < -0.4 is 0 Å². The highest BCUT2D eigenvalue weighted by atomic mass is 32.2. The smallest absolute Gasteiger partial charge is 0.224 e. The number of carbonyl (C=O) groups excluding carboxylic acids is 1. The molecular formula is C18H27N7O3S. The molecule has 11 heteroatoms. The first-order valence-electron chi connectivity index (χ1n) is 9.98. The Hall–Kier alpha value is -2.27. The number of carbonyl (C=O) groups is 1. The van der Waals surface area contributed by atoms with E-state index in [0.29, 0.717) is 50.8 Å². The number of piperidine rings is 1. The highest BCUT2D eigenvalue weighted by molar-refractivity contribution is 7.88. The molecule has 2 aliphatic rings. The molecule has 0 bridgehead atoms. The van der Waals surface area contributed by atoms with Gasteiger partial charge < -0.3 is 9.47 Å². The molecule has 0 aromatic carbocycles. The first kappa shape index (κ1) is 20.0. The third-order valence-corrected chi connectivity index (χ3v) is 6.92. The maximum Gasteiger partial charge on any atom is 0.224 e. The highest BCUT2D eigenvalue weighted by Gasteiger charge is 2.35. The van der Waals surface area contributed by atoms with Crippen LogP contribution in [0.1, 0.15) is 48.9 Å². The van der Waals surface area contributed by atoms with Crippen molar-refractivity contribution in [3.63, 3.8) is 0 Å². The molecule has 2 aromatic heterocycles. The zero-order valence-electron chi connectivity index (χ0n) is 16.9. The Labute approximate surface area is 170 Å². The molecule has 1 unspecified atom stereocenters. The summed E-state index contributed by atoms with van der Waals surface area (Å²) in [5.41, 5.74) is 1.07. The van der Waals surface area contributed by atoms with Crippen molar-refractivity contribution in [2.24, 2.45) is 0 Å². The molecule has 2 aliphatic heterocycles. The monoisotopic (exact) mass is 421 g/mol. The Kier molecular flexibility index (Phi) is 5.43. The van der Waals surface area contributed by atoms with Crippen molar-refractivity contribution in [2.45, 2.75) is 58.3 Å². The van der Waals surface area contributed by atoms with Gasteiger partial charge in [0.25, 0.3) is 0 Å². The molecule has 1 amide bonds. The molecule has 2 aromatic rings. The van der Waals surface area contributed by atoms with Crippen molar-refractivity contribution in [1.29, 1.82) is 0 Å². The third kappa shape index (κ3) is 4.20. The van der Waals surface area contributed by atoms with Crippen LogP contribution in [-0.2, 0) is 34.5 Å². The Balaban J connectivity index is 1.44. The number of rotatable bonds is 5. The number of aromatic nitrogens is 5. The van der Waals surface area contributed by atoms with Gasteiger partial charge in [-0.05, 0) is 25.3 Å². The molecule has 4 rings (SSSR count). The van der Waals surface area contributed by atoms with E-state index in [1.807, 2.05) is 17.7 Å². The van der Waals surface area contributed by atoms with E-state index in [9.17, 15) is 13.2 Å². The average molecular weight is 422 g/mol. The summed E-state index contributed by atoms with van der Waals surface area (Å²) in [4.78, 5) is 14.4. The number of nitrogens with zero attached hydrogens (tertiary/aromatic N) is 7. The lowest BCUT2D eigenvalue weighted by Crippen LogP contribution is -2.42. The number of sulfonamides is 1. The normalized spacial score (nSPS) is 20.6. The van der Waals surface area contributed by atoms with Crippen molar-refractivity contribution in [3.8, 4) is 0 Å². The Morgan fingerprint density at radius 1 is 1.21 bits per heavy atom. The number of hydrogen-bond acceptors (Lipinski definition) is 6. The van der Waals surface area contributed by atoms with Crippen LogP contribution in [0.5, 0.6) is 0 Å². The molecular weight excluding hydrogens is 394 g/mol. The molecule has 0 saturated carbocycles. The van der Waals surface area contributed by atoms with Gasteiger partial charge >= 0.3 is 0 Å². The standard InChI is InChI=1S/C18H27N7O3S/c1-14-11-19-23(12-14)8-6-17(26)22-9-10-24-16(13-22)20-21-18(24)15-5-3-4-7-25(15)29(2,27)28/h11-12,15H,3-10,13H2,1-2H3. The van der Waals surface area contributed by atoms with Crippen LogP contribution in [0, 0.1) is 6.92 Å². The zero-order chi connectivity index (χ0) is 20.6. The largest absolute Gasteiger partial charge is 0.333 e. The van der Waals surface area contributed by atoms with E-state index in [1.165, 1.54) is 10.6 Å². The minimum atomic E-state index is -3.30. The van der Waals surface area contributed by atoms with Gasteiger partial charge in [-0.3, -0.25) is 9.48 Å². The molecule has 1 saturated heterocycles. The summed E-state index contributed by atoms with van der Waals surface area (Å²) in [6.45, 7) is 4.59. The van der Waals surface area contributed by atoms with Crippen molar-refractivity contribution < 1.29 is 13.2 Å². The van der Waals surface area contributed by atoms with Gasteiger partial charge in [0.05, 0.1) is 25.0 Å². The molecule has 4 heterocycles. The van der Waals surface area contributed by atoms with Crippen LogP contribution in [0.4, 0.5) is 0 Å². The van der Waals surface area contributed by atoms with Crippen LogP contribution >= 0.6 is 0 Å². The van der Waals surface area contributed by atoms with Gasteiger partial charge in [0.1, 0.15) is 0 Å². The quantitative estimate of drug-likeness (QED) is 0.704. The second-order valence-electron chi connectivity index (χ2n) is 7.86. The molecule has 10 nitrogen and oxygen atoms in total. The SMILES string of the molecule is Cc1cnn(CCC(=O)N2CCn3c(nnc3C3CCCCN3S(C)(=O)=O)C2)c1. The van der Waals surface area contributed by atoms with Gasteiger partial charge in [-0.25, -0.2) is 8.42 Å². The van der Waals surface area contributed by atoms with E-state index >= 15 is 0 Å². The number of fused-ring (bicyclic) bond motifs is 1. The van der Waals surface area contributed by atoms with Crippen LogP contribution in [0.25, 0.3) is 0 Å². The van der Waals surface area contributed by atoms with Crippen LogP contribution in [-0.4, -0.2) is 67.4 Å². The van der Waals surface area contributed by atoms with Crippen molar-refractivity contribution in [1.82, 2.24) is 33.8 Å². The van der Waals surface area contributed by atoms with E-state index in [0.717, 1.165) is 24.8 Å². The molecule has 1 fully saturated rings. The van der Waals surface area contributed by atoms with E-state index in [2.05, 4.69) is 15.3 Å². The van der Waals surface area contributed by atoms with Crippen LogP contribution in [0.2, 0.25) is 0 Å². The Bertz CT molecular complexity index is 997. The fourth-order valence-electron chi connectivity index (χ4n) is 4.16. The Morgan fingerprint density at radius 2 is 2.03 bits per heavy atom. The zero-order valence-corrected chi connectivity index (χ0v) is 17.7. The Morgan fingerprint density at radius 3 is 2.76 bits per heavy atom. The fourth-order valence-corrected chi connectivity index (χ4v) is 5.28. The van der Waals surface area contributed by atoms with Gasteiger partial charge in [-0.15, -0.1) is 10.2 Å². The lowest BCUT2D eigenvalue weighted by atomic mass is 10.0. The maximum absolute atomic E-state index is 12.6. The summed E-state index contributed by atoms with van der Waals surface area (Å²) in [5.74, 6) is 1.47.